The van der Waals surface area contributed by atoms with Gasteiger partial charge in [-0.3, -0.25) is 10.1 Å². The first kappa shape index (κ1) is 9.49. The summed E-state index contributed by atoms with van der Waals surface area (Å²) in [7, 11) is 0. The van der Waals surface area contributed by atoms with Crippen molar-refractivity contribution in [1.29, 1.82) is 0 Å². The molecule has 0 fully saturated rings. The average molecular weight is 201 g/mol. The maximum Gasteiger partial charge on any atom is 0.145 e. The van der Waals surface area contributed by atoms with Gasteiger partial charge in [-0.1, -0.05) is 0 Å². The molecule has 0 amide bonds. The molecule has 15 heavy (non-hydrogen) atoms. The highest BCUT2D eigenvalue weighted by Crippen LogP contribution is 2.06. The maximum absolute atomic E-state index is 5.32. The molecule has 4 heteroatoms. The Labute approximate surface area is 87.7 Å². The highest BCUT2D eigenvalue weighted by atomic mass is 16.5. The molecule has 0 bridgehead atoms. The molecular formula is C11H11N3O. The van der Waals surface area contributed by atoms with Gasteiger partial charge in [0.15, 0.2) is 0 Å². The van der Waals surface area contributed by atoms with E-state index in [0.29, 0.717) is 12.4 Å². The molecule has 0 saturated heterocycles. The van der Waals surface area contributed by atoms with Gasteiger partial charge in [0, 0.05) is 18.3 Å². The van der Waals surface area contributed by atoms with Crippen LogP contribution in [0.15, 0.2) is 47.1 Å². The summed E-state index contributed by atoms with van der Waals surface area (Å²) in [5, 5.41) is 6.71. The lowest BCUT2D eigenvalue weighted by molar-refractivity contribution is 0.242. The zero-order valence-electron chi connectivity index (χ0n) is 8.40. The summed E-state index contributed by atoms with van der Waals surface area (Å²) >= 11 is 0. The van der Waals surface area contributed by atoms with Crippen LogP contribution < -0.4 is 0 Å². The van der Waals surface area contributed by atoms with Crippen LogP contribution >= 0.6 is 0 Å². The lowest BCUT2D eigenvalue weighted by Crippen LogP contribution is -1.95. The summed E-state index contributed by atoms with van der Waals surface area (Å²) in [6.07, 6.45) is 6.91. The van der Waals surface area contributed by atoms with Crippen LogP contribution in [-0.2, 0) is 4.74 Å². The van der Waals surface area contributed by atoms with Crippen LogP contribution in [0.2, 0.25) is 0 Å². The molecule has 1 aliphatic heterocycles. The standard InChI is InChI=1S/C11H11N3O/c1-2-15-9-4-3-5-10(12-8-9)11-6-7-13-14-11/h4-8H,2H2,1H3,(H,13,14). The number of ether oxygens (including phenoxy) is 1. The number of allylic oxidation sites excluding steroid dienone is 1. The minimum absolute atomic E-state index is 0.624. The van der Waals surface area contributed by atoms with Crippen molar-refractivity contribution in [2.45, 2.75) is 6.92 Å². The fourth-order valence-corrected chi connectivity index (χ4v) is 1.20. The van der Waals surface area contributed by atoms with Crippen molar-refractivity contribution in [3.8, 4) is 0 Å². The first-order valence-electron chi connectivity index (χ1n) is 4.73. The van der Waals surface area contributed by atoms with E-state index in [0.717, 1.165) is 11.4 Å². The zero-order chi connectivity index (χ0) is 10.5. The second kappa shape index (κ2) is 4.44. The molecule has 1 aromatic heterocycles. The van der Waals surface area contributed by atoms with E-state index in [-0.39, 0.29) is 0 Å². The van der Waals surface area contributed by atoms with Crippen molar-refractivity contribution in [3.05, 3.63) is 47.8 Å². The monoisotopic (exact) mass is 201 g/mol. The van der Waals surface area contributed by atoms with Crippen molar-refractivity contribution in [3.63, 3.8) is 0 Å². The van der Waals surface area contributed by atoms with Gasteiger partial charge in [-0.05, 0) is 13.0 Å². The maximum atomic E-state index is 5.32. The number of nitrogens with zero attached hydrogens (tertiary/aromatic N) is 2. The van der Waals surface area contributed by atoms with Gasteiger partial charge < -0.3 is 4.74 Å². The number of nitrogens with one attached hydrogen (secondary N) is 1. The second-order valence-electron chi connectivity index (χ2n) is 2.90. The van der Waals surface area contributed by atoms with Crippen molar-refractivity contribution >= 4 is 5.71 Å². The van der Waals surface area contributed by atoms with E-state index in [1.165, 1.54) is 0 Å². The van der Waals surface area contributed by atoms with Crippen molar-refractivity contribution < 1.29 is 4.74 Å². The Morgan fingerprint density at radius 1 is 1.47 bits per heavy atom. The largest absolute Gasteiger partial charge is 0.492 e. The highest BCUT2D eigenvalue weighted by Gasteiger charge is 2.02. The molecule has 0 spiro atoms. The van der Waals surface area contributed by atoms with E-state index in [4.69, 9.17) is 4.74 Å². The summed E-state index contributed by atoms with van der Waals surface area (Å²) in [4.78, 5) is 4.27. The van der Waals surface area contributed by atoms with E-state index in [1.54, 1.807) is 24.5 Å². The predicted octanol–water partition coefficient (Wildman–Crippen LogP) is 1.80. The molecule has 76 valence electrons. The van der Waals surface area contributed by atoms with Gasteiger partial charge in [-0.25, -0.2) is 0 Å². The molecular weight excluding hydrogens is 190 g/mol. The zero-order valence-corrected chi connectivity index (χ0v) is 8.40. The third-order valence-electron chi connectivity index (χ3n) is 1.86. The lowest BCUT2D eigenvalue weighted by Gasteiger charge is -1.99. The normalized spacial score (nSPS) is 14.5. The molecule has 0 aromatic carbocycles. The molecule has 2 rings (SSSR count). The van der Waals surface area contributed by atoms with E-state index >= 15 is 0 Å². The van der Waals surface area contributed by atoms with Crippen molar-refractivity contribution in [1.82, 2.24) is 10.2 Å². The number of hydrogen-bond acceptors (Lipinski definition) is 3. The molecule has 0 aliphatic carbocycles. The van der Waals surface area contributed by atoms with Crippen LogP contribution in [0.3, 0.4) is 0 Å². The van der Waals surface area contributed by atoms with Crippen LogP contribution in [0.5, 0.6) is 0 Å². The molecule has 1 N–H and O–H groups in total. The summed E-state index contributed by atoms with van der Waals surface area (Å²) in [5.41, 5.74) is 4.65. The van der Waals surface area contributed by atoms with Gasteiger partial charge in [0.05, 0.1) is 24.2 Å². The fourth-order valence-electron chi connectivity index (χ4n) is 1.20. The minimum Gasteiger partial charge on any atom is -0.492 e. The molecule has 0 radical (unpaired) electrons. The summed E-state index contributed by atoms with van der Waals surface area (Å²) in [5.74, 6) is 0.711. The number of rotatable bonds is 3. The van der Waals surface area contributed by atoms with Gasteiger partial charge in [0.2, 0.25) is 0 Å². The molecule has 2 heterocycles. The van der Waals surface area contributed by atoms with Crippen molar-refractivity contribution in [2.24, 2.45) is 4.99 Å². The number of aromatic nitrogens is 2. The topological polar surface area (TPSA) is 50.3 Å². The van der Waals surface area contributed by atoms with E-state index < -0.39 is 0 Å². The molecule has 4 nitrogen and oxygen atoms in total. The van der Waals surface area contributed by atoms with Crippen molar-refractivity contribution in [2.75, 3.05) is 6.61 Å². The van der Waals surface area contributed by atoms with Crippen LogP contribution in [0.25, 0.3) is 0 Å². The fraction of sp³-hybridized carbons (Fsp3) is 0.182. The first-order valence-corrected chi connectivity index (χ1v) is 4.73. The summed E-state index contributed by atoms with van der Waals surface area (Å²) < 4.78 is 5.32. The Balaban J connectivity index is 2.27. The van der Waals surface area contributed by atoms with Gasteiger partial charge in [-0.2, -0.15) is 5.10 Å². The SMILES string of the molecule is CCOC1=CN=C(c2ccn[nH]2)C=C=C1. The first-order chi connectivity index (χ1) is 7.40. The minimum atomic E-state index is 0.624. The Morgan fingerprint density at radius 2 is 2.40 bits per heavy atom. The summed E-state index contributed by atoms with van der Waals surface area (Å²) in [6.45, 7) is 2.56. The lowest BCUT2D eigenvalue weighted by atomic mass is 10.2. The van der Waals surface area contributed by atoms with Gasteiger partial charge in [-0.15, -0.1) is 5.73 Å². The third kappa shape index (κ3) is 2.24. The van der Waals surface area contributed by atoms with Crippen LogP contribution in [-0.4, -0.2) is 22.5 Å². The summed E-state index contributed by atoms with van der Waals surface area (Å²) in [6, 6.07) is 1.86. The molecule has 0 unspecified atom stereocenters. The highest BCUT2D eigenvalue weighted by molar-refractivity contribution is 6.07. The van der Waals surface area contributed by atoms with Crippen LogP contribution in [0, 0.1) is 0 Å². The molecule has 0 atom stereocenters. The predicted molar refractivity (Wildman–Crippen MR) is 57.5 cm³/mol. The van der Waals surface area contributed by atoms with Crippen LogP contribution in [0.4, 0.5) is 0 Å². The van der Waals surface area contributed by atoms with E-state index in [9.17, 15) is 0 Å². The smallest absolute Gasteiger partial charge is 0.145 e. The van der Waals surface area contributed by atoms with E-state index in [1.807, 2.05) is 13.0 Å². The number of aliphatic imine (C=N–C) groups is 1. The Morgan fingerprint density at radius 3 is 3.13 bits per heavy atom. The second-order valence-corrected chi connectivity index (χ2v) is 2.90. The van der Waals surface area contributed by atoms with Crippen LogP contribution in [0.1, 0.15) is 12.6 Å². The van der Waals surface area contributed by atoms with Gasteiger partial charge in [0.1, 0.15) is 5.76 Å². The Bertz CT molecular complexity index is 448. The Kier molecular flexibility index (Phi) is 2.81. The van der Waals surface area contributed by atoms with Gasteiger partial charge in [0.25, 0.3) is 0 Å². The third-order valence-corrected chi connectivity index (χ3v) is 1.86. The number of H-pyrrole nitrogens is 1. The average Bonchev–Trinajstić information content (AvgIpc) is 2.67. The quantitative estimate of drug-likeness (QED) is 0.758. The van der Waals surface area contributed by atoms with E-state index in [2.05, 4.69) is 20.9 Å². The van der Waals surface area contributed by atoms with Gasteiger partial charge >= 0.3 is 0 Å². The molecule has 1 aromatic rings. The Hall–Kier alpha value is -2.06. The molecule has 1 aliphatic rings. The number of hydrogen-bond donors (Lipinski definition) is 1. The molecule has 0 saturated carbocycles. The number of aromatic amines is 1.